The molecule has 2 N–H and O–H groups in total. The van der Waals surface area contributed by atoms with E-state index in [0.717, 1.165) is 43.6 Å². The van der Waals surface area contributed by atoms with Gasteiger partial charge in [-0.3, -0.25) is 4.79 Å². The first-order chi connectivity index (χ1) is 11.5. The Balaban J connectivity index is 0.00000121. The highest BCUT2D eigenvalue weighted by Gasteiger charge is 2.42. The number of amides is 1. The van der Waals surface area contributed by atoms with Crippen LogP contribution in [0.2, 0.25) is 0 Å². The van der Waals surface area contributed by atoms with E-state index in [0.29, 0.717) is 18.4 Å². The van der Waals surface area contributed by atoms with Gasteiger partial charge in [-0.15, -0.1) is 24.8 Å². The minimum Gasteiger partial charge on any atom is -0.371 e. The van der Waals surface area contributed by atoms with Crippen LogP contribution in [-0.4, -0.2) is 32.1 Å². The molecule has 26 heavy (non-hydrogen) atoms. The average molecular weight is 404 g/mol. The second-order valence-corrected chi connectivity index (χ2v) is 7.74. The van der Waals surface area contributed by atoms with Crippen molar-refractivity contribution in [3.63, 3.8) is 0 Å². The van der Waals surface area contributed by atoms with E-state index in [2.05, 4.69) is 0 Å². The minimum atomic E-state index is -0.256. The number of rotatable bonds is 1. The summed E-state index contributed by atoms with van der Waals surface area (Å²) in [4.78, 5) is 17.1. The monoisotopic (exact) mass is 403 g/mol. The first-order valence-electron chi connectivity index (χ1n) is 9.12. The molecule has 146 valence electrons. The summed E-state index contributed by atoms with van der Waals surface area (Å²) in [6, 6.07) is 4.99. The van der Waals surface area contributed by atoms with Crippen molar-refractivity contribution < 1.29 is 9.18 Å². The van der Waals surface area contributed by atoms with Crippen molar-refractivity contribution in [1.29, 1.82) is 0 Å². The topological polar surface area (TPSA) is 49.6 Å². The maximum Gasteiger partial charge on any atom is 0.230 e. The Bertz CT molecular complexity index is 646. The quantitative estimate of drug-likeness (QED) is 0.778. The summed E-state index contributed by atoms with van der Waals surface area (Å²) >= 11 is 0. The number of halogens is 3. The third-order valence-corrected chi connectivity index (χ3v) is 6.33. The van der Waals surface area contributed by atoms with Crippen molar-refractivity contribution in [1.82, 2.24) is 0 Å². The van der Waals surface area contributed by atoms with Crippen LogP contribution >= 0.6 is 24.8 Å². The average Bonchev–Trinajstić information content (AvgIpc) is 2.55. The van der Waals surface area contributed by atoms with E-state index in [1.54, 1.807) is 6.07 Å². The summed E-state index contributed by atoms with van der Waals surface area (Å²) in [6.07, 6.45) is 5.40. The minimum absolute atomic E-state index is 0. The van der Waals surface area contributed by atoms with Gasteiger partial charge >= 0.3 is 0 Å². The zero-order chi connectivity index (χ0) is 16.8. The fourth-order valence-corrected chi connectivity index (χ4v) is 4.96. The molecule has 2 atom stereocenters. The number of nitrogens with zero attached hydrogens (tertiary/aromatic N) is 2. The highest BCUT2D eigenvalue weighted by molar-refractivity contribution is 5.99. The van der Waals surface area contributed by atoms with Crippen LogP contribution < -0.4 is 15.5 Å². The van der Waals surface area contributed by atoms with Gasteiger partial charge in [-0.1, -0.05) is 6.42 Å². The van der Waals surface area contributed by atoms with Crippen LogP contribution in [0, 0.1) is 23.6 Å². The number of anilines is 2. The van der Waals surface area contributed by atoms with E-state index in [9.17, 15) is 9.18 Å². The second-order valence-electron chi connectivity index (χ2n) is 7.74. The predicted octanol–water partition coefficient (Wildman–Crippen LogP) is 3.61. The maximum atomic E-state index is 13.6. The first-order valence-corrected chi connectivity index (χ1v) is 9.12. The molecule has 0 saturated heterocycles. The van der Waals surface area contributed by atoms with Crippen LogP contribution in [0.4, 0.5) is 15.8 Å². The summed E-state index contributed by atoms with van der Waals surface area (Å²) < 4.78 is 13.6. The Morgan fingerprint density at radius 1 is 1.12 bits per heavy atom. The van der Waals surface area contributed by atoms with Crippen LogP contribution in [0.3, 0.4) is 0 Å². The van der Waals surface area contributed by atoms with Crippen molar-refractivity contribution in [2.45, 2.75) is 38.1 Å². The number of hydrogen-bond donors (Lipinski definition) is 1. The van der Waals surface area contributed by atoms with Crippen molar-refractivity contribution in [3.05, 3.63) is 24.0 Å². The van der Waals surface area contributed by atoms with Gasteiger partial charge in [-0.25, -0.2) is 4.39 Å². The number of hydrogen-bond acceptors (Lipinski definition) is 3. The number of nitrogens with two attached hydrogens (primary N) is 1. The molecule has 1 heterocycles. The van der Waals surface area contributed by atoms with Crippen LogP contribution in [-0.2, 0) is 4.79 Å². The normalized spacial score (nSPS) is 30.0. The van der Waals surface area contributed by atoms with Crippen LogP contribution in [0.5, 0.6) is 0 Å². The van der Waals surface area contributed by atoms with E-state index < -0.39 is 0 Å². The summed E-state index contributed by atoms with van der Waals surface area (Å²) in [5.41, 5.74) is 8.01. The number of fused-ring (bicyclic) bond motifs is 3. The Labute approximate surface area is 167 Å². The summed E-state index contributed by atoms with van der Waals surface area (Å²) in [5, 5.41) is 0. The third-order valence-electron chi connectivity index (χ3n) is 6.33. The van der Waals surface area contributed by atoms with E-state index >= 15 is 0 Å². The fraction of sp³-hybridized carbons (Fsp3) is 0.632. The number of benzene rings is 1. The molecule has 4 rings (SSSR count). The Kier molecular flexibility index (Phi) is 6.81. The molecule has 2 unspecified atom stereocenters. The highest BCUT2D eigenvalue weighted by atomic mass is 35.5. The molecule has 1 aromatic carbocycles. The molecule has 1 aliphatic heterocycles. The maximum absolute atomic E-state index is 13.6. The molecular formula is C19H28Cl2FN3O. The smallest absolute Gasteiger partial charge is 0.230 e. The molecule has 2 aliphatic carbocycles. The Morgan fingerprint density at radius 3 is 2.42 bits per heavy atom. The molecule has 2 fully saturated rings. The number of carbonyl (C=O) groups excluding carboxylic acids is 1. The lowest BCUT2D eigenvalue weighted by Crippen LogP contribution is -2.51. The standard InChI is InChI=1S/C19H26FN3O.2ClH/c1-22-7-8-23(16-6-5-15(20)11-17(16)22)19(24)14-9-12-3-2-4-13(10-14)18(12)21;;/h5-6,11-14,18H,2-4,7-10,21H2,1H3;2*1H. The Hall–Kier alpha value is -1.04. The molecule has 2 saturated carbocycles. The summed E-state index contributed by atoms with van der Waals surface area (Å²) in [7, 11) is 1.95. The van der Waals surface area contributed by atoms with E-state index in [1.807, 2.05) is 16.8 Å². The number of carbonyl (C=O) groups is 1. The molecular weight excluding hydrogens is 376 g/mol. The van der Waals surface area contributed by atoms with Gasteiger partial charge in [-0.05, 0) is 55.7 Å². The third kappa shape index (κ3) is 3.67. The summed E-state index contributed by atoms with van der Waals surface area (Å²) in [5.74, 6) is 1.01. The molecule has 1 aromatic rings. The van der Waals surface area contributed by atoms with Gasteiger partial charge in [0, 0.05) is 32.1 Å². The second kappa shape index (κ2) is 8.32. The largest absolute Gasteiger partial charge is 0.371 e. The van der Waals surface area contributed by atoms with Gasteiger partial charge in [0.15, 0.2) is 0 Å². The van der Waals surface area contributed by atoms with Gasteiger partial charge in [-0.2, -0.15) is 0 Å². The number of likely N-dealkylation sites (N-methyl/N-ethyl adjacent to an activating group) is 1. The molecule has 7 heteroatoms. The van der Waals surface area contributed by atoms with Crippen molar-refractivity contribution in [3.8, 4) is 0 Å². The first kappa shape index (κ1) is 21.3. The lowest BCUT2D eigenvalue weighted by molar-refractivity contribution is -0.125. The zero-order valence-electron chi connectivity index (χ0n) is 15.1. The van der Waals surface area contributed by atoms with Gasteiger partial charge in [0.2, 0.25) is 5.91 Å². The molecule has 0 radical (unpaired) electrons. The molecule has 2 bridgehead atoms. The highest BCUT2D eigenvalue weighted by Crippen LogP contribution is 2.43. The lowest BCUT2D eigenvalue weighted by atomic mass is 9.65. The van der Waals surface area contributed by atoms with Crippen molar-refractivity contribution >= 4 is 42.1 Å². The van der Waals surface area contributed by atoms with E-state index in [-0.39, 0.29) is 48.5 Å². The van der Waals surface area contributed by atoms with E-state index in [4.69, 9.17) is 5.73 Å². The van der Waals surface area contributed by atoms with Gasteiger partial charge < -0.3 is 15.5 Å². The van der Waals surface area contributed by atoms with Crippen molar-refractivity contribution in [2.24, 2.45) is 23.5 Å². The van der Waals surface area contributed by atoms with Crippen molar-refractivity contribution in [2.75, 3.05) is 29.9 Å². The van der Waals surface area contributed by atoms with E-state index in [1.165, 1.54) is 18.6 Å². The lowest BCUT2D eigenvalue weighted by Gasteiger charge is -2.45. The zero-order valence-corrected chi connectivity index (χ0v) is 16.7. The molecule has 4 nitrogen and oxygen atoms in total. The van der Waals surface area contributed by atoms with Gasteiger partial charge in [0.1, 0.15) is 5.82 Å². The van der Waals surface area contributed by atoms with Crippen LogP contribution in [0.1, 0.15) is 32.1 Å². The van der Waals surface area contributed by atoms with Crippen LogP contribution in [0.15, 0.2) is 18.2 Å². The molecule has 3 aliphatic rings. The SMILES string of the molecule is CN1CCN(C(=O)C2CC3CCCC(C2)C3N)c2ccc(F)cc21.Cl.Cl. The molecule has 0 aromatic heterocycles. The predicted molar refractivity (Wildman–Crippen MR) is 108 cm³/mol. The molecule has 0 spiro atoms. The van der Waals surface area contributed by atoms with Gasteiger partial charge in [0.25, 0.3) is 0 Å². The summed E-state index contributed by atoms with van der Waals surface area (Å²) in [6.45, 7) is 1.41. The van der Waals surface area contributed by atoms with Gasteiger partial charge in [0.05, 0.1) is 11.4 Å². The molecule has 1 amide bonds. The Morgan fingerprint density at radius 2 is 1.77 bits per heavy atom. The van der Waals surface area contributed by atoms with Crippen LogP contribution in [0.25, 0.3) is 0 Å². The fourth-order valence-electron chi connectivity index (χ4n) is 4.96.